The van der Waals surface area contributed by atoms with Crippen LogP contribution in [0.3, 0.4) is 0 Å². The van der Waals surface area contributed by atoms with E-state index in [0.717, 1.165) is 22.0 Å². The minimum absolute atomic E-state index is 0.0127. The Morgan fingerprint density at radius 2 is 1.03 bits per heavy atom. The molecule has 0 aliphatic heterocycles. The van der Waals surface area contributed by atoms with Crippen LogP contribution in [-0.2, 0) is 11.9 Å². The molecule has 6 aromatic carbocycles. The Morgan fingerprint density at radius 3 is 1.46 bits per heavy atom. The summed E-state index contributed by atoms with van der Waals surface area (Å²) < 4.78 is 22.6. The van der Waals surface area contributed by atoms with Gasteiger partial charge in [-0.05, 0) is 97.5 Å². The predicted octanol–water partition coefficient (Wildman–Crippen LogP) is 12.4. The van der Waals surface area contributed by atoms with Crippen molar-refractivity contribution in [2.24, 2.45) is 0 Å². The lowest BCUT2D eigenvalue weighted by molar-refractivity contribution is 0.242. The molecule has 10 nitrogen and oxygen atoms in total. The zero-order valence-corrected chi connectivity index (χ0v) is 36.9. The fraction of sp³-hybridized carbons (Fsp3) is 0.167. The molecule has 2 aromatic heterocycles. The van der Waals surface area contributed by atoms with Gasteiger partial charge >= 0.3 is 11.5 Å². The summed E-state index contributed by atoms with van der Waals surface area (Å²) in [5.41, 5.74) is 8.30. The first-order chi connectivity index (χ1) is 29.4. The van der Waals surface area contributed by atoms with Crippen LogP contribution in [0.1, 0.15) is 38.8 Å². The number of hydrogen-bond acceptors (Lipinski definition) is 8. The smallest absolute Gasteiger partial charge is 0.437 e. The Labute approximate surface area is 371 Å². The number of halogens is 3. The molecular formula is C48H43BrCl2N4O6. The number of H-pyrrole nitrogens is 1. The fourth-order valence-electron chi connectivity index (χ4n) is 5.87. The summed E-state index contributed by atoms with van der Waals surface area (Å²) in [5, 5.41) is 12.0. The minimum atomic E-state index is -0.598. The van der Waals surface area contributed by atoms with Gasteiger partial charge in [-0.15, -0.1) is 10.2 Å². The van der Waals surface area contributed by atoms with Gasteiger partial charge in [-0.25, -0.2) is 14.7 Å². The fourth-order valence-corrected chi connectivity index (χ4v) is 6.69. The highest BCUT2D eigenvalue weighted by Crippen LogP contribution is 2.31. The van der Waals surface area contributed by atoms with Crippen molar-refractivity contribution in [2.75, 3.05) is 0 Å². The van der Waals surface area contributed by atoms with Crippen LogP contribution >= 0.6 is 39.1 Å². The van der Waals surface area contributed by atoms with Gasteiger partial charge in [0.05, 0.1) is 28.8 Å². The van der Waals surface area contributed by atoms with Crippen molar-refractivity contribution in [1.29, 1.82) is 0 Å². The third-order valence-electron chi connectivity index (χ3n) is 8.74. The maximum atomic E-state index is 12.3. The van der Waals surface area contributed by atoms with E-state index in [1.165, 1.54) is 21.4 Å². The topological polar surface area (TPSA) is 125 Å². The van der Waals surface area contributed by atoms with Gasteiger partial charge in [0.2, 0.25) is 11.8 Å². The monoisotopic (exact) mass is 920 g/mol. The van der Waals surface area contributed by atoms with E-state index in [1.54, 1.807) is 36.4 Å². The summed E-state index contributed by atoms with van der Waals surface area (Å²) >= 11 is 15.8. The number of hydrogen-bond donors (Lipinski definition) is 1. The van der Waals surface area contributed by atoms with E-state index in [4.69, 9.17) is 41.5 Å². The van der Waals surface area contributed by atoms with Gasteiger partial charge in [-0.3, -0.25) is 0 Å². The molecule has 0 atom stereocenters. The normalized spacial score (nSPS) is 10.8. The van der Waals surface area contributed by atoms with Crippen molar-refractivity contribution >= 4 is 39.1 Å². The number of nitrogens with one attached hydrogen (secondary N) is 1. The lowest BCUT2D eigenvalue weighted by Crippen LogP contribution is -2.16. The Balaban J connectivity index is 0.000000169. The number of nitrogens with zero attached hydrogens (tertiary/aromatic N) is 3. The quantitative estimate of drug-likeness (QED) is 0.127. The second kappa shape index (κ2) is 21.4. The molecule has 0 aliphatic rings. The van der Waals surface area contributed by atoms with Crippen LogP contribution in [0.2, 0.25) is 10.0 Å². The molecule has 0 aliphatic carbocycles. The summed E-state index contributed by atoms with van der Waals surface area (Å²) in [6, 6.07) is 47.5. The first-order valence-electron chi connectivity index (χ1n) is 19.4. The van der Waals surface area contributed by atoms with E-state index >= 15 is 0 Å². The van der Waals surface area contributed by atoms with Gasteiger partial charge in [0.25, 0.3) is 0 Å². The Kier molecular flexibility index (Phi) is 15.6. The number of aromatic amines is 1. The summed E-state index contributed by atoms with van der Waals surface area (Å²) in [6.07, 6.45) is 0.0560. The maximum absolute atomic E-state index is 12.3. The van der Waals surface area contributed by atoms with Gasteiger partial charge in [-0.2, -0.15) is 4.68 Å². The Hall–Kier alpha value is -6.14. The molecule has 0 bridgehead atoms. The molecule has 8 rings (SSSR count). The number of aromatic nitrogens is 4. The number of rotatable bonds is 11. The highest BCUT2D eigenvalue weighted by Gasteiger charge is 2.14. The maximum Gasteiger partial charge on any atom is 0.437 e. The van der Waals surface area contributed by atoms with E-state index in [-0.39, 0.29) is 24.0 Å². The summed E-state index contributed by atoms with van der Waals surface area (Å²) in [6.45, 7) is 8.00. The molecular weight excluding hydrogens is 879 g/mol. The first kappa shape index (κ1) is 44.4. The molecule has 1 N–H and O–H groups in total. The Bertz CT molecular complexity index is 2730. The average molecular weight is 923 g/mol. The molecule has 0 spiro atoms. The first-order valence-corrected chi connectivity index (χ1v) is 21.2. The molecule has 312 valence electrons. The molecule has 0 radical (unpaired) electrons. The lowest BCUT2D eigenvalue weighted by atomic mass is 10.0. The van der Waals surface area contributed by atoms with Crippen LogP contribution in [0.15, 0.2) is 164 Å². The zero-order valence-electron chi connectivity index (χ0n) is 33.9. The highest BCUT2D eigenvalue weighted by molar-refractivity contribution is 9.08. The van der Waals surface area contributed by atoms with E-state index in [2.05, 4.69) is 91.9 Å². The van der Waals surface area contributed by atoms with Crippen molar-refractivity contribution in [3.8, 4) is 56.7 Å². The standard InChI is InChI=1S/C24H21ClN2O3.C13H11Br.C11H11ClN2O3/c1-16(2)29-22-13-12-20(14-21(22)25)23-26-27(24(28)30-23)15-17-8-10-19(11-9-17)18-6-4-3-5-7-18;14-10-11-6-8-13(9-7-11)12-4-2-1-3-5-12;1-6(2)16-9-4-3-7(5-8(9)12)10-13-14-11(15)17-10/h3-14,16H,15H2,1-2H3;1-9H,10H2;3-6H,1-2H3,(H,14,15). The molecule has 0 unspecified atom stereocenters. The third-order valence-corrected chi connectivity index (χ3v) is 9.97. The molecule has 0 saturated heterocycles. The average Bonchev–Trinajstić information content (AvgIpc) is 3.88. The summed E-state index contributed by atoms with van der Waals surface area (Å²) in [5.74, 6) is 0.472. The van der Waals surface area contributed by atoms with Crippen molar-refractivity contribution in [1.82, 2.24) is 20.0 Å². The van der Waals surface area contributed by atoms with Crippen LogP contribution in [0.4, 0.5) is 0 Å². The second-order valence-corrected chi connectivity index (χ2v) is 15.5. The zero-order chi connectivity index (χ0) is 43.3. The highest BCUT2D eigenvalue weighted by atomic mass is 79.9. The minimum Gasteiger partial charge on any atom is -0.489 e. The van der Waals surface area contributed by atoms with Crippen LogP contribution in [-0.4, -0.2) is 32.2 Å². The Morgan fingerprint density at radius 1 is 0.590 bits per heavy atom. The van der Waals surface area contributed by atoms with Crippen molar-refractivity contribution in [3.05, 3.63) is 188 Å². The third kappa shape index (κ3) is 12.7. The number of ether oxygens (including phenoxy) is 2. The van der Waals surface area contributed by atoms with Crippen LogP contribution in [0, 0.1) is 0 Å². The summed E-state index contributed by atoms with van der Waals surface area (Å²) in [7, 11) is 0. The van der Waals surface area contributed by atoms with E-state index < -0.39 is 11.5 Å². The van der Waals surface area contributed by atoms with Crippen LogP contribution in [0.25, 0.3) is 45.2 Å². The predicted molar refractivity (Wildman–Crippen MR) is 246 cm³/mol. The van der Waals surface area contributed by atoms with Crippen LogP contribution in [0.5, 0.6) is 11.5 Å². The SMILES string of the molecule is BrCc1ccc(-c2ccccc2)cc1.CC(C)Oc1ccc(-c2n[nH]c(=O)o2)cc1Cl.CC(C)Oc1ccc(-c2nn(Cc3ccc(-c4ccccc4)cc3)c(=O)o2)cc1Cl. The molecule has 61 heavy (non-hydrogen) atoms. The van der Waals surface area contributed by atoms with Gasteiger partial charge in [0.1, 0.15) is 11.5 Å². The van der Waals surface area contributed by atoms with Gasteiger partial charge in [0, 0.05) is 16.5 Å². The molecule has 0 fully saturated rings. The van der Waals surface area contributed by atoms with Crippen molar-refractivity contribution in [2.45, 2.75) is 51.8 Å². The number of alkyl halides is 1. The molecule has 8 aromatic rings. The molecule has 13 heteroatoms. The largest absolute Gasteiger partial charge is 0.489 e. The van der Waals surface area contributed by atoms with Crippen molar-refractivity contribution < 1.29 is 18.3 Å². The van der Waals surface area contributed by atoms with E-state index in [0.29, 0.717) is 39.2 Å². The molecule has 2 heterocycles. The summed E-state index contributed by atoms with van der Waals surface area (Å²) in [4.78, 5) is 23.1. The molecule has 0 amide bonds. The van der Waals surface area contributed by atoms with E-state index in [9.17, 15) is 9.59 Å². The van der Waals surface area contributed by atoms with Gasteiger partial charge < -0.3 is 18.3 Å². The van der Waals surface area contributed by atoms with Gasteiger partial charge in [0.15, 0.2) is 0 Å². The molecule has 0 saturated carbocycles. The van der Waals surface area contributed by atoms with E-state index in [1.807, 2.05) is 76.2 Å². The van der Waals surface area contributed by atoms with Gasteiger partial charge in [-0.1, -0.05) is 148 Å². The van der Waals surface area contributed by atoms with Crippen molar-refractivity contribution in [3.63, 3.8) is 0 Å². The van der Waals surface area contributed by atoms with Crippen LogP contribution < -0.4 is 21.0 Å². The second-order valence-electron chi connectivity index (χ2n) is 14.1. The lowest BCUT2D eigenvalue weighted by Gasteiger charge is -2.11. The number of benzene rings is 6.